The first-order valence-electron chi connectivity index (χ1n) is 4.56. The van der Waals surface area contributed by atoms with Crippen molar-refractivity contribution in [3.05, 3.63) is 35.4 Å². The molecule has 0 aliphatic carbocycles. The molecule has 0 fully saturated rings. The maximum atomic E-state index is 12.8. The van der Waals surface area contributed by atoms with Crippen molar-refractivity contribution in [2.75, 3.05) is 6.61 Å². The number of hydrogen-bond acceptors (Lipinski definition) is 2. The van der Waals surface area contributed by atoms with Crippen molar-refractivity contribution in [2.24, 2.45) is 0 Å². The fourth-order valence-electron chi connectivity index (χ4n) is 1.35. The van der Waals surface area contributed by atoms with Crippen molar-refractivity contribution in [3.63, 3.8) is 0 Å². The van der Waals surface area contributed by atoms with Crippen LogP contribution in [0, 0.1) is 11.6 Å². The molecule has 88 valence electrons. The predicted molar refractivity (Wildman–Crippen MR) is 52.1 cm³/mol. The summed E-state index contributed by atoms with van der Waals surface area (Å²) in [4.78, 5) is 10.3. The first-order valence-corrected chi connectivity index (χ1v) is 4.56. The van der Waals surface area contributed by atoms with Gasteiger partial charge in [-0.05, 0) is 24.1 Å². The second kappa shape index (κ2) is 5.41. The Balaban J connectivity index is 2.73. The van der Waals surface area contributed by atoms with Gasteiger partial charge in [-0.25, -0.2) is 13.6 Å². The van der Waals surface area contributed by atoms with Gasteiger partial charge in [0.1, 0.15) is 11.6 Å². The molecule has 0 radical (unpaired) electrons. The Kier molecular flexibility index (Phi) is 4.19. The third-order valence-electron chi connectivity index (χ3n) is 1.95. The lowest BCUT2D eigenvalue weighted by atomic mass is 10.1. The van der Waals surface area contributed by atoms with E-state index in [1.54, 1.807) is 0 Å². The van der Waals surface area contributed by atoms with E-state index in [1.807, 2.05) is 5.32 Å². The van der Waals surface area contributed by atoms with Crippen LogP contribution in [0.3, 0.4) is 0 Å². The summed E-state index contributed by atoms with van der Waals surface area (Å²) in [5.41, 5.74) is 0.283. The van der Waals surface area contributed by atoms with Crippen molar-refractivity contribution in [2.45, 2.75) is 12.5 Å². The number of hydrogen-bond donors (Lipinski definition) is 3. The van der Waals surface area contributed by atoms with Crippen LogP contribution in [0.15, 0.2) is 18.2 Å². The van der Waals surface area contributed by atoms with Gasteiger partial charge >= 0.3 is 6.09 Å². The molecule has 0 heterocycles. The van der Waals surface area contributed by atoms with E-state index in [1.165, 1.54) is 0 Å². The van der Waals surface area contributed by atoms with Crippen LogP contribution in [0.4, 0.5) is 13.6 Å². The molecule has 0 saturated carbocycles. The molecule has 1 amide bonds. The Hall–Kier alpha value is -1.69. The summed E-state index contributed by atoms with van der Waals surface area (Å²) in [6.45, 7) is -0.440. The zero-order chi connectivity index (χ0) is 12.1. The highest BCUT2D eigenvalue weighted by Crippen LogP contribution is 2.10. The molecule has 1 unspecified atom stereocenters. The van der Waals surface area contributed by atoms with Gasteiger partial charge in [0.15, 0.2) is 0 Å². The van der Waals surface area contributed by atoms with Crippen LogP contribution in [0.5, 0.6) is 0 Å². The average molecular weight is 231 g/mol. The number of nitrogens with one attached hydrogen (secondary N) is 1. The number of benzene rings is 1. The van der Waals surface area contributed by atoms with Crippen molar-refractivity contribution in [1.82, 2.24) is 5.32 Å². The molecule has 1 atom stereocenters. The van der Waals surface area contributed by atoms with Gasteiger partial charge in [0.25, 0.3) is 0 Å². The number of halogens is 2. The summed E-state index contributed by atoms with van der Waals surface area (Å²) in [5, 5.41) is 19.3. The van der Waals surface area contributed by atoms with Gasteiger partial charge in [-0.3, -0.25) is 0 Å². The number of aliphatic hydroxyl groups is 1. The SMILES string of the molecule is O=C(O)NC(CO)Cc1cc(F)cc(F)c1. The van der Waals surface area contributed by atoms with Gasteiger partial charge in [0.2, 0.25) is 0 Å². The number of rotatable bonds is 4. The number of carbonyl (C=O) groups is 1. The molecule has 6 heteroatoms. The fourth-order valence-corrected chi connectivity index (χ4v) is 1.35. The van der Waals surface area contributed by atoms with Crippen LogP contribution in [0.2, 0.25) is 0 Å². The largest absolute Gasteiger partial charge is 0.465 e. The molecule has 0 aliphatic heterocycles. The van der Waals surface area contributed by atoms with Gasteiger partial charge in [-0.2, -0.15) is 0 Å². The van der Waals surface area contributed by atoms with Crippen molar-refractivity contribution < 1.29 is 23.8 Å². The lowest BCUT2D eigenvalue weighted by molar-refractivity contribution is 0.177. The van der Waals surface area contributed by atoms with E-state index in [4.69, 9.17) is 10.2 Å². The van der Waals surface area contributed by atoms with Crippen LogP contribution in [0.25, 0.3) is 0 Å². The molecule has 4 nitrogen and oxygen atoms in total. The van der Waals surface area contributed by atoms with Crippen LogP contribution in [-0.4, -0.2) is 29.0 Å². The molecule has 0 aliphatic rings. The second-order valence-corrected chi connectivity index (χ2v) is 3.31. The highest BCUT2D eigenvalue weighted by molar-refractivity contribution is 5.64. The summed E-state index contributed by atoms with van der Waals surface area (Å²) in [5.74, 6) is -1.47. The minimum absolute atomic E-state index is 0.0253. The maximum absolute atomic E-state index is 12.8. The quantitative estimate of drug-likeness (QED) is 0.727. The molecule has 1 rings (SSSR count). The molecule has 3 N–H and O–H groups in total. The number of carboxylic acid groups (broad SMARTS) is 1. The summed E-state index contributed by atoms with van der Waals surface area (Å²) >= 11 is 0. The predicted octanol–water partition coefficient (Wildman–Crippen LogP) is 1.14. The zero-order valence-corrected chi connectivity index (χ0v) is 8.28. The Morgan fingerprint density at radius 1 is 1.31 bits per heavy atom. The van der Waals surface area contributed by atoms with Crippen LogP contribution >= 0.6 is 0 Å². The van der Waals surface area contributed by atoms with E-state index >= 15 is 0 Å². The minimum atomic E-state index is -1.30. The lowest BCUT2D eigenvalue weighted by Gasteiger charge is -2.13. The lowest BCUT2D eigenvalue weighted by Crippen LogP contribution is -2.38. The summed E-state index contributed by atoms with van der Waals surface area (Å²) in [6.07, 6.45) is -1.27. The van der Waals surface area contributed by atoms with E-state index in [2.05, 4.69) is 0 Å². The molecular formula is C10H11F2NO3. The van der Waals surface area contributed by atoms with Gasteiger partial charge in [-0.15, -0.1) is 0 Å². The Bertz CT molecular complexity index is 364. The topological polar surface area (TPSA) is 69.6 Å². The first kappa shape index (κ1) is 12.4. The molecule has 0 aromatic heterocycles. The van der Waals surface area contributed by atoms with Crippen molar-refractivity contribution >= 4 is 6.09 Å². The zero-order valence-electron chi connectivity index (χ0n) is 8.28. The van der Waals surface area contributed by atoms with E-state index in [9.17, 15) is 13.6 Å². The highest BCUT2D eigenvalue weighted by atomic mass is 19.1. The Morgan fingerprint density at radius 3 is 2.31 bits per heavy atom. The average Bonchev–Trinajstić information content (AvgIpc) is 2.14. The van der Waals surface area contributed by atoms with Crippen LogP contribution in [0.1, 0.15) is 5.56 Å². The standard InChI is InChI=1S/C10H11F2NO3/c11-7-1-6(2-8(12)4-7)3-9(5-14)13-10(15)16/h1-2,4,9,13-14H,3,5H2,(H,15,16). The molecule has 0 saturated heterocycles. The summed E-state index contributed by atoms with van der Waals surface area (Å²) in [7, 11) is 0. The number of amides is 1. The molecular weight excluding hydrogens is 220 g/mol. The van der Waals surface area contributed by atoms with E-state index < -0.39 is 30.4 Å². The summed E-state index contributed by atoms with van der Waals surface area (Å²) < 4.78 is 25.6. The normalized spacial score (nSPS) is 12.2. The summed E-state index contributed by atoms with van der Waals surface area (Å²) in [6, 6.07) is 2.13. The van der Waals surface area contributed by atoms with E-state index in [0.717, 1.165) is 18.2 Å². The molecule has 0 bridgehead atoms. The first-order chi connectivity index (χ1) is 7.51. The molecule has 0 spiro atoms. The highest BCUT2D eigenvalue weighted by Gasteiger charge is 2.12. The van der Waals surface area contributed by atoms with E-state index in [-0.39, 0.29) is 12.0 Å². The monoisotopic (exact) mass is 231 g/mol. The van der Waals surface area contributed by atoms with Gasteiger partial charge < -0.3 is 15.5 Å². The molecule has 1 aromatic rings. The maximum Gasteiger partial charge on any atom is 0.404 e. The smallest absolute Gasteiger partial charge is 0.404 e. The molecule has 1 aromatic carbocycles. The van der Waals surface area contributed by atoms with Gasteiger partial charge in [0, 0.05) is 6.07 Å². The molecule has 16 heavy (non-hydrogen) atoms. The minimum Gasteiger partial charge on any atom is -0.465 e. The van der Waals surface area contributed by atoms with Crippen LogP contribution in [-0.2, 0) is 6.42 Å². The van der Waals surface area contributed by atoms with Crippen molar-refractivity contribution in [1.29, 1.82) is 0 Å². The van der Waals surface area contributed by atoms with Crippen LogP contribution < -0.4 is 5.32 Å². The van der Waals surface area contributed by atoms with Crippen molar-refractivity contribution in [3.8, 4) is 0 Å². The Morgan fingerprint density at radius 2 is 1.88 bits per heavy atom. The van der Waals surface area contributed by atoms with E-state index in [0.29, 0.717) is 0 Å². The second-order valence-electron chi connectivity index (χ2n) is 3.31. The third kappa shape index (κ3) is 3.82. The number of aliphatic hydroxyl groups excluding tert-OH is 1. The van der Waals surface area contributed by atoms with Gasteiger partial charge in [0.05, 0.1) is 12.6 Å². The van der Waals surface area contributed by atoms with Gasteiger partial charge in [-0.1, -0.05) is 0 Å². The Labute approximate surface area is 90.5 Å². The fraction of sp³-hybridized carbons (Fsp3) is 0.300. The third-order valence-corrected chi connectivity index (χ3v) is 1.95.